The molecule has 0 aliphatic carbocycles. The average Bonchev–Trinajstić information content (AvgIpc) is 2.92. The molecule has 1 aromatic heterocycles. The van der Waals surface area contributed by atoms with Gasteiger partial charge in [-0.25, -0.2) is 13.1 Å². The lowest BCUT2D eigenvalue weighted by Crippen LogP contribution is -2.19. The number of hydrogen-bond donors (Lipinski definition) is 1. The van der Waals surface area contributed by atoms with E-state index in [0.717, 1.165) is 30.5 Å². The highest BCUT2D eigenvalue weighted by Crippen LogP contribution is 2.35. The minimum Gasteiger partial charge on any atom is -0.384 e. The van der Waals surface area contributed by atoms with E-state index in [2.05, 4.69) is 27.7 Å². The third-order valence-corrected chi connectivity index (χ3v) is 6.38. The molecule has 120 valence electrons. The van der Waals surface area contributed by atoms with Gasteiger partial charge in [-0.2, -0.15) is 5.10 Å². The van der Waals surface area contributed by atoms with Crippen LogP contribution in [0.5, 0.6) is 0 Å². The fourth-order valence-corrected chi connectivity index (χ4v) is 4.63. The zero-order valence-corrected chi connectivity index (χ0v) is 14.3. The van der Waals surface area contributed by atoms with Crippen LogP contribution in [0, 0.1) is 0 Å². The Morgan fingerprint density at radius 2 is 2.05 bits per heavy atom. The first-order valence-electron chi connectivity index (χ1n) is 7.79. The minimum absolute atomic E-state index is 0.0403. The van der Waals surface area contributed by atoms with Crippen LogP contribution in [0.1, 0.15) is 64.3 Å². The van der Waals surface area contributed by atoms with E-state index in [1.807, 2.05) is 0 Å². The van der Waals surface area contributed by atoms with Crippen molar-refractivity contribution in [3.63, 3.8) is 0 Å². The largest absolute Gasteiger partial charge is 0.384 e. The molecule has 1 aliphatic heterocycles. The predicted molar refractivity (Wildman–Crippen MR) is 86.3 cm³/mol. The van der Waals surface area contributed by atoms with Crippen molar-refractivity contribution in [2.24, 2.45) is 0 Å². The number of nitrogens with two attached hydrogens (primary N) is 1. The third-order valence-electron chi connectivity index (χ3n) is 4.63. The molecule has 2 N–H and O–H groups in total. The molecule has 2 heterocycles. The van der Waals surface area contributed by atoms with Gasteiger partial charge in [0, 0.05) is 11.0 Å². The van der Waals surface area contributed by atoms with Crippen LogP contribution in [-0.2, 0) is 21.7 Å². The molecule has 1 unspecified atom stereocenters. The number of nitrogen functional groups attached to an aromatic ring is 1. The normalized spacial score (nSPS) is 21.8. The number of sulfone groups is 1. The van der Waals surface area contributed by atoms with Crippen LogP contribution in [0.3, 0.4) is 0 Å². The van der Waals surface area contributed by atoms with Crippen LogP contribution in [0.2, 0.25) is 0 Å². The summed E-state index contributed by atoms with van der Waals surface area (Å²) in [6, 6.07) is -0.105. The maximum Gasteiger partial charge on any atom is 0.152 e. The fourth-order valence-electron chi connectivity index (χ4n) is 2.94. The van der Waals surface area contributed by atoms with E-state index in [1.54, 1.807) is 4.68 Å². The van der Waals surface area contributed by atoms with E-state index in [0.29, 0.717) is 12.2 Å². The smallest absolute Gasteiger partial charge is 0.152 e. The molecule has 1 aliphatic rings. The molecule has 1 saturated heterocycles. The molecule has 0 saturated carbocycles. The van der Waals surface area contributed by atoms with Crippen molar-refractivity contribution in [3.8, 4) is 0 Å². The van der Waals surface area contributed by atoms with E-state index in [9.17, 15) is 8.42 Å². The maximum absolute atomic E-state index is 11.7. The van der Waals surface area contributed by atoms with Crippen molar-refractivity contribution in [2.75, 3.05) is 17.2 Å². The summed E-state index contributed by atoms with van der Waals surface area (Å²) >= 11 is 0. The lowest BCUT2D eigenvalue weighted by atomic mass is 9.83. The highest BCUT2D eigenvalue weighted by Gasteiger charge is 2.34. The van der Waals surface area contributed by atoms with E-state index in [-0.39, 0.29) is 23.0 Å². The second-order valence-corrected chi connectivity index (χ2v) is 8.93. The number of aromatic nitrogens is 2. The predicted octanol–water partition coefficient (Wildman–Crippen LogP) is 2.46. The molecule has 1 aromatic rings. The number of rotatable bonds is 5. The summed E-state index contributed by atoms with van der Waals surface area (Å²) < 4.78 is 25.2. The van der Waals surface area contributed by atoms with Crippen LogP contribution < -0.4 is 5.73 Å². The monoisotopic (exact) mass is 313 g/mol. The van der Waals surface area contributed by atoms with Gasteiger partial charge in [0.15, 0.2) is 9.84 Å². The van der Waals surface area contributed by atoms with Gasteiger partial charge in [-0.05, 0) is 19.3 Å². The molecule has 1 fully saturated rings. The lowest BCUT2D eigenvalue weighted by molar-refractivity contribution is 0.450. The highest BCUT2D eigenvalue weighted by atomic mass is 32.2. The van der Waals surface area contributed by atoms with E-state index in [1.165, 1.54) is 0 Å². The highest BCUT2D eigenvalue weighted by molar-refractivity contribution is 7.91. The van der Waals surface area contributed by atoms with Crippen LogP contribution in [0.4, 0.5) is 5.82 Å². The minimum atomic E-state index is -2.93. The zero-order valence-electron chi connectivity index (χ0n) is 13.5. The van der Waals surface area contributed by atoms with E-state index >= 15 is 0 Å². The summed E-state index contributed by atoms with van der Waals surface area (Å²) in [5.74, 6) is 1.07. The molecule has 0 spiro atoms. The summed E-state index contributed by atoms with van der Waals surface area (Å²) in [6.07, 6.45) is 3.49. The molecule has 6 heteroatoms. The second kappa shape index (κ2) is 5.63. The molecule has 0 radical (unpaired) electrons. The van der Waals surface area contributed by atoms with Crippen LogP contribution in [0.15, 0.2) is 0 Å². The quantitative estimate of drug-likeness (QED) is 0.905. The molecule has 0 aromatic carbocycles. The summed E-state index contributed by atoms with van der Waals surface area (Å²) in [6.45, 7) is 8.61. The van der Waals surface area contributed by atoms with Crippen LogP contribution in [-0.4, -0.2) is 29.7 Å². The van der Waals surface area contributed by atoms with Crippen LogP contribution in [0.25, 0.3) is 0 Å². The van der Waals surface area contributed by atoms with Crippen molar-refractivity contribution in [3.05, 3.63) is 11.3 Å². The van der Waals surface area contributed by atoms with Gasteiger partial charge in [-0.1, -0.05) is 34.1 Å². The van der Waals surface area contributed by atoms with Gasteiger partial charge in [-0.15, -0.1) is 0 Å². The van der Waals surface area contributed by atoms with Gasteiger partial charge in [0.05, 0.1) is 23.2 Å². The van der Waals surface area contributed by atoms with Crippen molar-refractivity contribution in [1.82, 2.24) is 9.78 Å². The SMILES string of the molecule is CCCc1c(C(C)(C)CC)nn(C2CCS(=O)(=O)C2)c1N. The van der Waals surface area contributed by atoms with Gasteiger partial charge in [0.25, 0.3) is 0 Å². The Morgan fingerprint density at radius 3 is 2.52 bits per heavy atom. The number of anilines is 1. The molecule has 21 heavy (non-hydrogen) atoms. The topological polar surface area (TPSA) is 78.0 Å². The maximum atomic E-state index is 11.7. The summed E-state index contributed by atoms with van der Waals surface area (Å²) in [5.41, 5.74) is 8.42. The summed E-state index contributed by atoms with van der Waals surface area (Å²) in [4.78, 5) is 0. The first-order chi connectivity index (χ1) is 9.72. The first kappa shape index (κ1) is 16.3. The molecule has 0 amide bonds. The first-order valence-corrected chi connectivity index (χ1v) is 9.61. The van der Waals surface area contributed by atoms with Gasteiger partial charge in [0.2, 0.25) is 0 Å². The third kappa shape index (κ3) is 3.10. The van der Waals surface area contributed by atoms with Crippen molar-refractivity contribution in [1.29, 1.82) is 0 Å². The molecular weight excluding hydrogens is 286 g/mol. The standard InChI is InChI=1S/C15H27N3O2S/c1-5-7-12-13(15(3,4)6-2)17-18(14(12)16)11-8-9-21(19,20)10-11/h11H,5-10,16H2,1-4H3. The molecule has 2 rings (SSSR count). The Kier molecular flexibility index (Phi) is 4.38. The zero-order chi connectivity index (χ0) is 15.8. The van der Waals surface area contributed by atoms with Crippen molar-refractivity contribution >= 4 is 15.7 Å². The Balaban J connectivity index is 2.47. The van der Waals surface area contributed by atoms with Gasteiger partial charge < -0.3 is 5.73 Å². The van der Waals surface area contributed by atoms with Gasteiger partial charge in [0.1, 0.15) is 5.82 Å². The van der Waals surface area contributed by atoms with Crippen molar-refractivity contribution in [2.45, 2.75) is 64.8 Å². The Hall–Kier alpha value is -1.04. The molecule has 1 atom stereocenters. The Labute approximate surface area is 127 Å². The average molecular weight is 313 g/mol. The van der Waals surface area contributed by atoms with E-state index in [4.69, 9.17) is 10.8 Å². The second-order valence-electron chi connectivity index (χ2n) is 6.70. The Bertz CT molecular complexity index is 617. The molecular formula is C15H27N3O2S. The van der Waals surface area contributed by atoms with Gasteiger partial charge >= 0.3 is 0 Å². The number of hydrogen-bond acceptors (Lipinski definition) is 4. The van der Waals surface area contributed by atoms with E-state index < -0.39 is 9.84 Å². The number of nitrogens with zero attached hydrogens (tertiary/aromatic N) is 2. The summed E-state index contributed by atoms with van der Waals surface area (Å²) in [7, 11) is -2.93. The van der Waals surface area contributed by atoms with Gasteiger partial charge in [-0.3, -0.25) is 0 Å². The van der Waals surface area contributed by atoms with Crippen LogP contribution >= 0.6 is 0 Å². The summed E-state index contributed by atoms with van der Waals surface area (Å²) in [5, 5.41) is 4.75. The molecule has 0 bridgehead atoms. The lowest BCUT2D eigenvalue weighted by Gasteiger charge is -2.21. The van der Waals surface area contributed by atoms with Crippen molar-refractivity contribution < 1.29 is 8.42 Å². The Morgan fingerprint density at radius 1 is 1.38 bits per heavy atom. The molecule has 5 nitrogen and oxygen atoms in total. The fraction of sp³-hybridized carbons (Fsp3) is 0.800.